The van der Waals surface area contributed by atoms with Gasteiger partial charge in [0.05, 0.1) is 0 Å². The molecule has 3 rings (SSSR count). The second kappa shape index (κ2) is 8.53. The van der Waals surface area contributed by atoms with Crippen LogP contribution >= 0.6 is 11.8 Å². The Morgan fingerprint density at radius 1 is 1.15 bits per heavy atom. The number of hydrogen-bond donors (Lipinski definition) is 2. The van der Waals surface area contributed by atoms with Gasteiger partial charge in [0, 0.05) is 5.75 Å². The molecule has 1 aromatic heterocycles. The molecule has 0 fully saturated rings. The lowest BCUT2D eigenvalue weighted by Gasteiger charge is -2.10. The first-order chi connectivity index (χ1) is 12.6. The maximum Gasteiger partial charge on any atom is 0.264 e. The number of nitrogens with one attached hydrogen (secondary N) is 2. The molecule has 2 N–H and O–H groups in total. The summed E-state index contributed by atoms with van der Waals surface area (Å²) in [6.45, 7) is 3.89. The van der Waals surface area contributed by atoms with E-state index in [1.165, 1.54) is 17.3 Å². The van der Waals surface area contributed by atoms with E-state index in [2.05, 4.69) is 20.5 Å². The van der Waals surface area contributed by atoms with Crippen molar-refractivity contribution >= 4 is 23.6 Å². The van der Waals surface area contributed by atoms with Crippen molar-refractivity contribution in [2.24, 2.45) is 0 Å². The molecule has 0 saturated carbocycles. The summed E-state index contributed by atoms with van der Waals surface area (Å²) in [4.78, 5) is 16.3. The van der Waals surface area contributed by atoms with Crippen LogP contribution in [0.25, 0.3) is 0 Å². The Labute approximate surface area is 156 Å². The van der Waals surface area contributed by atoms with Gasteiger partial charge >= 0.3 is 0 Å². The number of aryl methyl sites for hydroxylation is 1. The minimum absolute atomic E-state index is 0.0858. The number of thioether (sulfide) groups is 1. The maximum absolute atomic E-state index is 12.0. The fourth-order valence-corrected chi connectivity index (χ4v) is 3.04. The van der Waals surface area contributed by atoms with Gasteiger partial charge in [-0.15, -0.1) is 5.10 Å². The summed E-state index contributed by atoms with van der Waals surface area (Å²) < 4.78 is 5.58. The van der Waals surface area contributed by atoms with E-state index in [0.717, 1.165) is 16.9 Å². The van der Waals surface area contributed by atoms with Crippen molar-refractivity contribution in [1.29, 1.82) is 0 Å². The van der Waals surface area contributed by atoms with Crippen molar-refractivity contribution in [3.63, 3.8) is 0 Å². The number of rotatable bonds is 7. The number of aromatic amines is 1. The highest BCUT2D eigenvalue weighted by atomic mass is 32.2. The van der Waals surface area contributed by atoms with Crippen LogP contribution in [-0.2, 0) is 10.5 Å². The number of benzene rings is 2. The standard InChI is InChI=1S/C19H20N4O2S/c1-13-7-6-10-16(14(13)2)25-11-17(24)20-18-21-19(23-22-18)26-12-15-8-4-3-5-9-15/h3-10H,11-12H2,1-2H3,(H2,20,21,22,23,24). The lowest BCUT2D eigenvalue weighted by molar-refractivity contribution is -0.118. The van der Waals surface area contributed by atoms with Gasteiger partial charge in [0.25, 0.3) is 5.91 Å². The molecule has 3 aromatic rings. The average molecular weight is 368 g/mol. The molecule has 0 radical (unpaired) electrons. The molecule has 134 valence electrons. The number of carbonyl (C=O) groups is 1. The fraction of sp³-hybridized carbons (Fsp3) is 0.211. The van der Waals surface area contributed by atoms with Crippen molar-refractivity contribution in [3.05, 3.63) is 65.2 Å². The highest BCUT2D eigenvalue weighted by Crippen LogP contribution is 2.21. The minimum Gasteiger partial charge on any atom is -0.483 e. The van der Waals surface area contributed by atoms with E-state index in [1.807, 2.05) is 62.4 Å². The number of aromatic nitrogens is 3. The Balaban J connectivity index is 1.49. The molecule has 0 bridgehead atoms. The summed E-state index contributed by atoms with van der Waals surface area (Å²) in [7, 11) is 0. The average Bonchev–Trinajstić information content (AvgIpc) is 3.09. The maximum atomic E-state index is 12.0. The zero-order valence-corrected chi connectivity index (χ0v) is 15.5. The number of ether oxygens (including phenoxy) is 1. The Morgan fingerprint density at radius 2 is 1.96 bits per heavy atom. The molecule has 0 atom stereocenters. The van der Waals surface area contributed by atoms with Crippen LogP contribution in [0.4, 0.5) is 5.95 Å². The lowest BCUT2D eigenvalue weighted by Crippen LogP contribution is -2.21. The monoisotopic (exact) mass is 368 g/mol. The number of amides is 1. The van der Waals surface area contributed by atoms with Crippen molar-refractivity contribution in [3.8, 4) is 5.75 Å². The van der Waals surface area contributed by atoms with E-state index in [4.69, 9.17) is 4.74 Å². The number of nitrogens with zero attached hydrogens (tertiary/aromatic N) is 2. The topological polar surface area (TPSA) is 79.9 Å². The molecule has 0 aliphatic heterocycles. The van der Waals surface area contributed by atoms with E-state index in [-0.39, 0.29) is 12.5 Å². The SMILES string of the molecule is Cc1cccc(OCC(=O)Nc2nc(SCc3ccccc3)n[nH]2)c1C. The van der Waals surface area contributed by atoms with Crippen molar-refractivity contribution in [2.75, 3.05) is 11.9 Å². The van der Waals surface area contributed by atoms with E-state index in [9.17, 15) is 4.79 Å². The Bertz CT molecular complexity index is 880. The third kappa shape index (κ3) is 4.86. The highest BCUT2D eigenvalue weighted by Gasteiger charge is 2.10. The van der Waals surface area contributed by atoms with Crippen LogP contribution in [0, 0.1) is 13.8 Å². The molecule has 7 heteroatoms. The van der Waals surface area contributed by atoms with Gasteiger partial charge < -0.3 is 4.74 Å². The van der Waals surface area contributed by atoms with Gasteiger partial charge in [0.2, 0.25) is 11.1 Å². The van der Waals surface area contributed by atoms with E-state index in [0.29, 0.717) is 16.9 Å². The molecular formula is C19H20N4O2S. The van der Waals surface area contributed by atoms with Gasteiger partial charge in [0.1, 0.15) is 5.75 Å². The van der Waals surface area contributed by atoms with Crippen LogP contribution in [-0.4, -0.2) is 27.7 Å². The van der Waals surface area contributed by atoms with Gasteiger partial charge in [-0.2, -0.15) is 4.98 Å². The molecule has 1 amide bonds. The number of H-pyrrole nitrogens is 1. The van der Waals surface area contributed by atoms with Crippen molar-refractivity contribution in [2.45, 2.75) is 24.8 Å². The molecule has 0 aliphatic rings. The number of anilines is 1. The van der Waals surface area contributed by atoms with Crippen LogP contribution in [0.5, 0.6) is 5.75 Å². The quantitative estimate of drug-likeness (QED) is 0.621. The summed E-state index contributed by atoms with van der Waals surface area (Å²) >= 11 is 1.50. The normalized spacial score (nSPS) is 10.5. The molecule has 0 unspecified atom stereocenters. The van der Waals surface area contributed by atoms with Gasteiger partial charge in [-0.05, 0) is 36.6 Å². The minimum atomic E-state index is -0.290. The highest BCUT2D eigenvalue weighted by molar-refractivity contribution is 7.98. The van der Waals surface area contributed by atoms with Crippen molar-refractivity contribution in [1.82, 2.24) is 15.2 Å². The third-order valence-corrected chi connectivity index (χ3v) is 4.77. The van der Waals surface area contributed by atoms with Crippen molar-refractivity contribution < 1.29 is 9.53 Å². The van der Waals surface area contributed by atoms with Crippen LogP contribution in [0.3, 0.4) is 0 Å². The fourth-order valence-electron chi connectivity index (χ4n) is 2.28. The number of hydrogen-bond acceptors (Lipinski definition) is 5. The van der Waals surface area contributed by atoms with E-state index in [1.54, 1.807) is 0 Å². The third-order valence-electron chi connectivity index (χ3n) is 3.85. The van der Waals surface area contributed by atoms with Crippen LogP contribution < -0.4 is 10.1 Å². The molecule has 0 saturated heterocycles. The molecular weight excluding hydrogens is 348 g/mol. The molecule has 0 aliphatic carbocycles. The smallest absolute Gasteiger partial charge is 0.264 e. The summed E-state index contributed by atoms with van der Waals surface area (Å²) in [5.74, 6) is 1.50. The molecule has 1 heterocycles. The van der Waals surface area contributed by atoms with E-state index < -0.39 is 0 Å². The van der Waals surface area contributed by atoms with Crippen LogP contribution in [0.2, 0.25) is 0 Å². The summed E-state index contributed by atoms with van der Waals surface area (Å²) in [6.07, 6.45) is 0. The lowest BCUT2D eigenvalue weighted by atomic mass is 10.1. The Kier molecular flexibility index (Phi) is 5.91. The second-order valence-electron chi connectivity index (χ2n) is 5.78. The largest absolute Gasteiger partial charge is 0.483 e. The van der Waals surface area contributed by atoms with Gasteiger partial charge in [-0.3, -0.25) is 10.1 Å². The predicted octanol–water partition coefficient (Wildman–Crippen LogP) is 3.73. The first kappa shape index (κ1) is 18.0. The Hall–Kier alpha value is -2.80. The summed E-state index contributed by atoms with van der Waals surface area (Å²) in [6, 6.07) is 15.8. The molecule has 2 aromatic carbocycles. The zero-order valence-electron chi connectivity index (χ0n) is 14.7. The zero-order chi connectivity index (χ0) is 18.4. The van der Waals surface area contributed by atoms with Crippen LogP contribution in [0.15, 0.2) is 53.7 Å². The van der Waals surface area contributed by atoms with Gasteiger partial charge in [-0.1, -0.05) is 54.2 Å². The number of carbonyl (C=O) groups excluding carboxylic acids is 1. The van der Waals surface area contributed by atoms with Crippen LogP contribution in [0.1, 0.15) is 16.7 Å². The summed E-state index contributed by atoms with van der Waals surface area (Å²) in [5.41, 5.74) is 3.34. The first-order valence-corrected chi connectivity index (χ1v) is 9.18. The summed E-state index contributed by atoms with van der Waals surface area (Å²) in [5, 5.41) is 10.1. The Morgan fingerprint density at radius 3 is 2.77 bits per heavy atom. The first-order valence-electron chi connectivity index (χ1n) is 8.20. The van der Waals surface area contributed by atoms with Gasteiger partial charge in [0.15, 0.2) is 6.61 Å². The van der Waals surface area contributed by atoms with E-state index >= 15 is 0 Å². The molecule has 26 heavy (non-hydrogen) atoms. The molecule has 6 nitrogen and oxygen atoms in total. The second-order valence-corrected chi connectivity index (χ2v) is 6.72. The van der Waals surface area contributed by atoms with Gasteiger partial charge in [-0.25, -0.2) is 5.10 Å². The molecule has 0 spiro atoms. The predicted molar refractivity (Wildman–Crippen MR) is 102 cm³/mol.